The molecule has 0 radical (unpaired) electrons. The molecular weight excluding hydrogens is 316 g/mol. The zero-order chi connectivity index (χ0) is 16.4. The van der Waals surface area contributed by atoms with E-state index in [-0.39, 0.29) is 18.5 Å². The van der Waals surface area contributed by atoms with Gasteiger partial charge in [0.1, 0.15) is 22.2 Å². The van der Waals surface area contributed by atoms with Crippen LogP contribution in [0.15, 0.2) is 30.5 Å². The summed E-state index contributed by atoms with van der Waals surface area (Å²) in [7, 11) is 1.60. The van der Waals surface area contributed by atoms with Crippen LogP contribution in [0, 0.1) is 0 Å². The quantitative estimate of drug-likeness (QED) is 0.879. The van der Waals surface area contributed by atoms with Gasteiger partial charge in [0.15, 0.2) is 0 Å². The van der Waals surface area contributed by atoms with Crippen molar-refractivity contribution in [2.45, 2.75) is 18.9 Å². The van der Waals surface area contributed by atoms with E-state index < -0.39 is 5.97 Å². The lowest BCUT2D eigenvalue weighted by atomic mass is 10.2. The van der Waals surface area contributed by atoms with Crippen molar-refractivity contribution in [2.24, 2.45) is 0 Å². The van der Waals surface area contributed by atoms with E-state index in [1.165, 1.54) is 22.4 Å². The number of methoxy groups -OCH3 is 1. The summed E-state index contributed by atoms with van der Waals surface area (Å²) in [6.07, 6.45) is 3.25. The molecule has 1 saturated carbocycles. The average molecular weight is 332 g/mol. The van der Waals surface area contributed by atoms with Gasteiger partial charge in [-0.15, -0.1) is 11.3 Å². The number of carbonyl (C=O) groups is 2. The summed E-state index contributed by atoms with van der Waals surface area (Å²) < 4.78 is 5.12. The van der Waals surface area contributed by atoms with Crippen LogP contribution in [0.3, 0.4) is 0 Å². The van der Waals surface area contributed by atoms with E-state index in [4.69, 9.17) is 9.84 Å². The fourth-order valence-corrected chi connectivity index (χ4v) is 3.16. The number of aliphatic carboxylic acids is 1. The van der Waals surface area contributed by atoms with E-state index in [1.807, 2.05) is 24.3 Å². The highest BCUT2D eigenvalue weighted by Gasteiger charge is 2.35. The van der Waals surface area contributed by atoms with Crippen molar-refractivity contribution in [3.05, 3.63) is 35.3 Å². The summed E-state index contributed by atoms with van der Waals surface area (Å²) in [6.45, 7) is -0.265. The van der Waals surface area contributed by atoms with Crippen LogP contribution in [0.4, 0.5) is 0 Å². The molecule has 1 aliphatic carbocycles. The summed E-state index contributed by atoms with van der Waals surface area (Å²) in [5.74, 6) is -0.500. The van der Waals surface area contributed by atoms with Crippen LogP contribution >= 0.6 is 11.3 Å². The highest BCUT2D eigenvalue weighted by Crippen LogP contribution is 2.31. The number of aromatic nitrogens is 1. The Kier molecular flexibility index (Phi) is 4.29. The second kappa shape index (κ2) is 6.37. The molecule has 7 heteroatoms. The average Bonchev–Trinajstić information content (AvgIpc) is 3.28. The fourth-order valence-electron chi connectivity index (χ4n) is 2.28. The van der Waals surface area contributed by atoms with Crippen molar-refractivity contribution in [1.29, 1.82) is 0 Å². The first-order valence-electron chi connectivity index (χ1n) is 7.21. The topological polar surface area (TPSA) is 79.7 Å². The molecule has 1 aromatic carbocycles. The summed E-state index contributed by atoms with van der Waals surface area (Å²) >= 11 is 1.27. The molecule has 1 amide bonds. The Morgan fingerprint density at radius 1 is 1.35 bits per heavy atom. The Morgan fingerprint density at radius 2 is 2.04 bits per heavy atom. The molecule has 1 heterocycles. The van der Waals surface area contributed by atoms with Gasteiger partial charge in [-0.25, -0.2) is 4.98 Å². The number of amides is 1. The van der Waals surface area contributed by atoms with Crippen LogP contribution < -0.4 is 4.74 Å². The van der Waals surface area contributed by atoms with Crippen molar-refractivity contribution in [3.8, 4) is 16.3 Å². The Bertz CT molecular complexity index is 722. The van der Waals surface area contributed by atoms with Gasteiger partial charge in [-0.05, 0) is 37.1 Å². The Morgan fingerprint density at radius 3 is 2.61 bits per heavy atom. The molecule has 1 aliphatic rings. The summed E-state index contributed by atoms with van der Waals surface area (Å²) in [5, 5.41) is 9.70. The largest absolute Gasteiger partial charge is 0.497 e. The number of thiazole rings is 1. The predicted molar refractivity (Wildman–Crippen MR) is 85.8 cm³/mol. The van der Waals surface area contributed by atoms with Crippen LogP contribution in [0.1, 0.15) is 22.5 Å². The minimum absolute atomic E-state index is 0.0464. The van der Waals surface area contributed by atoms with E-state index in [1.54, 1.807) is 7.11 Å². The molecule has 23 heavy (non-hydrogen) atoms. The summed E-state index contributed by atoms with van der Waals surface area (Å²) in [4.78, 5) is 29.6. The van der Waals surface area contributed by atoms with Crippen LogP contribution in [0.5, 0.6) is 5.75 Å². The van der Waals surface area contributed by atoms with Crippen molar-refractivity contribution in [3.63, 3.8) is 0 Å². The molecule has 2 aromatic rings. The maximum atomic E-state index is 12.5. The first kappa shape index (κ1) is 15.5. The molecule has 120 valence electrons. The molecule has 3 rings (SSSR count). The maximum Gasteiger partial charge on any atom is 0.323 e. The molecule has 0 unspecified atom stereocenters. The lowest BCUT2D eigenvalue weighted by Crippen LogP contribution is -2.37. The number of rotatable bonds is 6. The van der Waals surface area contributed by atoms with Gasteiger partial charge in [0.05, 0.1) is 13.3 Å². The number of benzene rings is 1. The molecule has 6 nitrogen and oxygen atoms in total. The molecule has 1 N–H and O–H groups in total. The van der Waals surface area contributed by atoms with Gasteiger partial charge in [-0.1, -0.05) is 0 Å². The number of nitrogens with zero attached hydrogens (tertiary/aromatic N) is 2. The monoisotopic (exact) mass is 332 g/mol. The number of carboxylic acid groups (broad SMARTS) is 1. The van der Waals surface area contributed by atoms with Crippen LogP contribution in [0.25, 0.3) is 10.6 Å². The van der Waals surface area contributed by atoms with Gasteiger partial charge in [-0.2, -0.15) is 0 Å². The molecule has 0 saturated heterocycles. The zero-order valence-electron chi connectivity index (χ0n) is 12.6. The van der Waals surface area contributed by atoms with Crippen LogP contribution in [-0.2, 0) is 4.79 Å². The lowest BCUT2D eigenvalue weighted by Gasteiger charge is -2.18. The third kappa shape index (κ3) is 3.50. The van der Waals surface area contributed by atoms with Crippen LogP contribution in [0.2, 0.25) is 0 Å². The van der Waals surface area contributed by atoms with Crippen molar-refractivity contribution < 1.29 is 19.4 Å². The summed E-state index contributed by atoms with van der Waals surface area (Å²) in [5.41, 5.74) is 0.894. The van der Waals surface area contributed by atoms with Crippen molar-refractivity contribution >= 4 is 23.2 Å². The van der Waals surface area contributed by atoms with Crippen molar-refractivity contribution in [2.75, 3.05) is 13.7 Å². The smallest absolute Gasteiger partial charge is 0.323 e. The molecule has 1 fully saturated rings. The first-order valence-corrected chi connectivity index (χ1v) is 8.03. The number of hydrogen-bond acceptors (Lipinski definition) is 5. The van der Waals surface area contributed by atoms with E-state index in [9.17, 15) is 9.59 Å². The minimum atomic E-state index is -0.995. The highest BCUT2D eigenvalue weighted by atomic mass is 32.1. The van der Waals surface area contributed by atoms with Gasteiger partial charge >= 0.3 is 5.97 Å². The second-order valence-corrected chi connectivity index (χ2v) is 6.35. The third-order valence-electron chi connectivity index (χ3n) is 3.61. The number of carbonyl (C=O) groups excluding carboxylic acids is 1. The SMILES string of the molecule is COc1ccc(-c2ncc(C(=O)N(CC(=O)O)C3CC3)s2)cc1. The zero-order valence-corrected chi connectivity index (χ0v) is 13.4. The molecule has 0 bridgehead atoms. The Hall–Kier alpha value is -2.41. The normalized spacial score (nSPS) is 13.6. The molecule has 0 spiro atoms. The van der Waals surface area contributed by atoms with E-state index in [0.29, 0.717) is 4.88 Å². The predicted octanol–water partition coefficient (Wildman–Crippen LogP) is 2.51. The highest BCUT2D eigenvalue weighted by molar-refractivity contribution is 7.16. The number of hydrogen-bond donors (Lipinski definition) is 1. The van der Waals surface area contributed by atoms with Gasteiger partial charge in [0, 0.05) is 11.6 Å². The maximum absolute atomic E-state index is 12.5. The standard InChI is InChI=1S/C16H16N2O4S/c1-22-12-6-2-10(3-7-12)15-17-8-13(23-15)16(21)18(9-14(19)20)11-4-5-11/h2-3,6-8,11H,4-5,9H2,1H3,(H,19,20). The van der Waals surface area contributed by atoms with Gasteiger partial charge in [0.25, 0.3) is 5.91 Å². The third-order valence-corrected chi connectivity index (χ3v) is 4.64. The van der Waals surface area contributed by atoms with E-state index >= 15 is 0 Å². The van der Waals surface area contributed by atoms with Crippen LogP contribution in [-0.4, -0.2) is 46.6 Å². The van der Waals surface area contributed by atoms with E-state index in [2.05, 4.69) is 4.98 Å². The minimum Gasteiger partial charge on any atom is -0.497 e. The number of carboxylic acids is 1. The lowest BCUT2D eigenvalue weighted by molar-refractivity contribution is -0.137. The molecule has 0 aliphatic heterocycles. The van der Waals surface area contributed by atoms with Crippen molar-refractivity contribution in [1.82, 2.24) is 9.88 Å². The number of ether oxygens (including phenoxy) is 1. The van der Waals surface area contributed by atoms with Gasteiger partial charge < -0.3 is 14.7 Å². The Balaban J connectivity index is 1.79. The summed E-state index contributed by atoms with van der Waals surface area (Å²) in [6, 6.07) is 7.47. The molecule has 0 atom stereocenters. The first-order chi connectivity index (χ1) is 11.1. The fraction of sp³-hybridized carbons (Fsp3) is 0.312. The Labute approximate surface area is 137 Å². The molecule has 1 aromatic heterocycles. The van der Waals surface area contributed by atoms with E-state index in [0.717, 1.165) is 29.2 Å². The van der Waals surface area contributed by atoms with Gasteiger partial charge in [0.2, 0.25) is 0 Å². The molecular formula is C16H16N2O4S. The van der Waals surface area contributed by atoms with Gasteiger partial charge in [-0.3, -0.25) is 9.59 Å². The second-order valence-electron chi connectivity index (χ2n) is 5.32.